The zero-order valence-electron chi connectivity index (χ0n) is 13.6. The van der Waals surface area contributed by atoms with E-state index in [0.717, 1.165) is 18.8 Å². The van der Waals surface area contributed by atoms with Gasteiger partial charge in [-0.1, -0.05) is 26.0 Å². The van der Waals surface area contributed by atoms with Gasteiger partial charge in [0.15, 0.2) is 0 Å². The SMILES string of the molecule is CC(C)Oc1cccc(C(CN)N2CC(C)SC(C)C2)c1. The summed E-state index contributed by atoms with van der Waals surface area (Å²) in [6, 6.07) is 8.69. The van der Waals surface area contributed by atoms with Crippen LogP contribution in [0.5, 0.6) is 5.75 Å². The predicted molar refractivity (Wildman–Crippen MR) is 92.1 cm³/mol. The second-order valence-electron chi connectivity index (χ2n) is 6.20. The first kappa shape index (κ1) is 16.7. The average Bonchev–Trinajstić information content (AvgIpc) is 2.38. The molecule has 21 heavy (non-hydrogen) atoms. The van der Waals surface area contributed by atoms with Gasteiger partial charge in [0.25, 0.3) is 0 Å². The smallest absolute Gasteiger partial charge is 0.120 e. The Hall–Kier alpha value is -0.710. The van der Waals surface area contributed by atoms with E-state index in [4.69, 9.17) is 10.5 Å². The highest BCUT2D eigenvalue weighted by Gasteiger charge is 2.28. The molecule has 118 valence electrons. The first-order valence-electron chi connectivity index (χ1n) is 7.85. The van der Waals surface area contributed by atoms with Crippen molar-refractivity contribution in [3.8, 4) is 5.75 Å². The summed E-state index contributed by atoms with van der Waals surface area (Å²) in [5.41, 5.74) is 7.35. The van der Waals surface area contributed by atoms with Crippen molar-refractivity contribution in [2.75, 3.05) is 19.6 Å². The molecule has 0 spiro atoms. The van der Waals surface area contributed by atoms with Gasteiger partial charge in [-0.15, -0.1) is 0 Å². The summed E-state index contributed by atoms with van der Waals surface area (Å²) < 4.78 is 5.82. The Morgan fingerprint density at radius 1 is 1.29 bits per heavy atom. The van der Waals surface area contributed by atoms with Crippen LogP contribution in [0.3, 0.4) is 0 Å². The fourth-order valence-electron chi connectivity index (χ4n) is 3.04. The lowest BCUT2D eigenvalue weighted by Gasteiger charge is -2.39. The van der Waals surface area contributed by atoms with Crippen LogP contribution in [-0.2, 0) is 0 Å². The maximum Gasteiger partial charge on any atom is 0.120 e. The van der Waals surface area contributed by atoms with E-state index in [0.29, 0.717) is 17.0 Å². The van der Waals surface area contributed by atoms with Crippen molar-refractivity contribution in [3.05, 3.63) is 29.8 Å². The highest BCUT2D eigenvalue weighted by atomic mass is 32.2. The van der Waals surface area contributed by atoms with Crippen LogP contribution in [0.4, 0.5) is 0 Å². The Morgan fingerprint density at radius 2 is 1.95 bits per heavy atom. The molecule has 0 bridgehead atoms. The number of hydrogen-bond acceptors (Lipinski definition) is 4. The third-order valence-electron chi connectivity index (χ3n) is 3.73. The molecule has 1 fully saturated rings. The third-order valence-corrected chi connectivity index (χ3v) is 4.95. The van der Waals surface area contributed by atoms with Crippen molar-refractivity contribution in [1.29, 1.82) is 0 Å². The minimum absolute atomic E-state index is 0.197. The van der Waals surface area contributed by atoms with Gasteiger partial charge in [-0.05, 0) is 31.5 Å². The summed E-state index contributed by atoms with van der Waals surface area (Å²) >= 11 is 2.07. The summed E-state index contributed by atoms with van der Waals surface area (Å²) in [6.45, 7) is 11.6. The quantitative estimate of drug-likeness (QED) is 0.906. The topological polar surface area (TPSA) is 38.5 Å². The summed E-state index contributed by atoms with van der Waals surface area (Å²) in [4.78, 5) is 2.53. The molecule has 2 rings (SSSR count). The maximum absolute atomic E-state index is 6.09. The van der Waals surface area contributed by atoms with Gasteiger partial charge >= 0.3 is 0 Å². The van der Waals surface area contributed by atoms with Gasteiger partial charge in [0, 0.05) is 36.2 Å². The lowest BCUT2D eigenvalue weighted by molar-refractivity contribution is 0.198. The van der Waals surface area contributed by atoms with Gasteiger partial charge < -0.3 is 10.5 Å². The zero-order valence-corrected chi connectivity index (χ0v) is 14.4. The molecule has 1 aliphatic heterocycles. The number of benzene rings is 1. The molecule has 3 atom stereocenters. The van der Waals surface area contributed by atoms with Crippen molar-refractivity contribution in [2.24, 2.45) is 5.73 Å². The molecule has 1 heterocycles. The number of ether oxygens (including phenoxy) is 1. The van der Waals surface area contributed by atoms with Crippen molar-refractivity contribution >= 4 is 11.8 Å². The Bertz CT molecular complexity index is 442. The molecule has 0 amide bonds. The maximum atomic E-state index is 6.09. The fraction of sp³-hybridized carbons (Fsp3) is 0.647. The first-order chi connectivity index (χ1) is 9.99. The molecule has 0 aliphatic carbocycles. The lowest BCUT2D eigenvalue weighted by atomic mass is 10.0. The van der Waals surface area contributed by atoms with E-state index in [1.807, 2.05) is 6.07 Å². The van der Waals surface area contributed by atoms with E-state index >= 15 is 0 Å². The molecular formula is C17H28N2OS. The highest BCUT2D eigenvalue weighted by Crippen LogP contribution is 2.31. The van der Waals surface area contributed by atoms with Gasteiger partial charge in [0.1, 0.15) is 5.75 Å². The lowest BCUT2D eigenvalue weighted by Crippen LogP contribution is -2.44. The van der Waals surface area contributed by atoms with Crippen LogP contribution >= 0.6 is 11.8 Å². The van der Waals surface area contributed by atoms with E-state index < -0.39 is 0 Å². The summed E-state index contributed by atoms with van der Waals surface area (Å²) in [5.74, 6) is 0.938. The number of nitrogens with zero attached hydrogens (tertiary/aromatic N) is 1. The van der Waals surface area contributed by atoms with Crippen molar-refractivity contribution < 1.29 is 4.74 Å². The molecule has 1 aromatic rings. The van der Waals surface area contributed by atoms with Crippen molar-refractivity contribution in [1.82, 2.24) is 4.90 Å². The van der Waals surface area contributed by atoms with E-state index in [-0.39, 0.29) is 12.1 Å². The normalized spacial score (nSPS) is 25.0. The molecule has 3 nitrogen and oxygen atoms in total. The van der Waals surface area contributed by atoms with Crippen molar-refractivity contribution in [2.45, 2.75) is 50.3 Å². The van der Waals surface area contributed by atoms with Crippen LogP contribution in [-0.4, -0.2) is 41.1 Å². The first-order valence-corrected chi connectivity index (χ1v) is 8.80. The Kier molecular flexibility index (Phi) is 5.97. The molecular weight excluding hydrogens is 280 g/mol. The second kappa shape index (κ2) is 7.52. The summed E-state index contributed by atoms with van der Waals surface area (Å²) in [6.07, 6.45) is 0.197. The molecule has 0 aromatic heterocycles. The number of rotatable bonds is 5. The van der Waals surface area contributed by atoms with Gasteiger partial charge in [-0.25, -0.2) is 0 Å². The van der Waals surface area contributed by atoms with Crippen LogP contribution in [0.15, 0.2) is 24.3 Å². The van der Waals surface area contributed by atoms with E-state index in [1.54, 1.807) is 0 Å². The number of nitrogens with two attached hydrogens (primary N) is 1. The minimum atomic E-state index is 0.197. The van der Waals surface area contributed by atoms with Crippen LogP contribution in [0.1, 0.15) is 39.3 Å². The van der Waals surface area contributed by atoms with Crippen LogP contribution < -0.4 is 10.5 Å². The third kappa shape index (κ3) is 4.63. The standard InChI is InChI=1S/C17H28N2OS/c1-12(2)20-16-7-5-6-15(8-16)17(9-18)19-10-13(3)21-14(4)11-19/h5-8,12-14,17H,9-11,18H2,1-4H3. The molecule has 3 unspecified atom stereocenters. The fourth-order valence-corrected chi connectivity index (χ4v) is 4.38. The van der Waals surface area contributed by atoms with E-state index in [1.165, 1.54) is 5.56 Å². The molecule has 0 radical (unpaired) electrons. The second-order valence-corrected chi connectivity index (χ2v) is 8.08. The van der Waals surface area contributed by atoms with Crippen LogP contribution in [0, 0.1) is 0 Å². The van der Waals surface area contributed by atoms with Crippen molar-refractivity contribution in [3.63, 3.8) is 0 Å². The van der Waals surface area contributed by atoms with E-state index in [9.17, 15) is 0 Å². The predicted octanol–water partition coefficient (Wildman–Crippen LogP) is 3.30. The van der Waals surface area contributed by atoms with Gasteiger partial charge in [0.2, 0.25) is 0 Å². The Morgan fingerprint density at radius 3 is 2.52 bits per heavy atom. The Labute approximate surface area is 133 Å². The van der Waals surface area contributed by atoms with Gasteiger partial charge in [-0.3, -0.25) is 4.90 Å². The number of hydrogen-bond donors (Lipinski definition) is 1. The molecule has 1 aromatic carbocycles. The molecule has 1 saturated heterocycles. The van der Waals surface area contributed by atoms with Crippen LogP contribution in [0.25, 0.3) is 0 Å². The monoisotopic (exact) mass is 308 g/mol. The Balaban J connectivity index is 2.16. The largest absolute Gasteiger partial charge is 0.491 e. The van der Waals surface area contributed by atoms with Gasteiger partial charge in [-0.2, -0.15) is 11.8 Å². The molecule has 2 N–H and O–H groups in total. The molecule has 4 heteroatoms. The molecule has 0 saturated carbocycles. The summed E-state index contributed by atoms with van der Waals surface area (Å²) in [7, 11) is 0. The number of thioether (sulfide) groups is 1. The summed E-state index contributed by atoms with van der Waals surface area (Å²) in [5, 5.41) is 1.33. The minimum Gasteiger partial charge on any atom is -0.491 e. The van der Waals surface area contributed by atoms with Crippen LogP contribution in [0.2, 0.25) is 0 Å². The van der Waals surface area contributed by atoms with Gasteiger partial charge in [0.05, 0.1) is 6.10 Å². The van der Waals surface area contributed by atoms with E-state index in [2.05, 4.69) is 62.6 Å². The highest BCUT2D eigenvalue weighted by molar-refractivity contribution is 8.00. The average molecular weight is 308 g/mol. The zero-order chi connectivity index (χ0) is 15.4. The molecule has 1 aliphatic rings.